The van der Waals surface area contributed by atoms with Crippen LogP contribution in [-0.4, -0.2) is 29.0 Å². The van der Waals surface area contributed by atoms with Crippen LogP contribution in [0.3, 0.4) is 0 Å². The highest BCUT2D eigenvalue weighted by Gasteiger charge is 2.34. The second kappa shape index (κ2) is 10.5. The number of hydrogen-bond acceptors (Lipinski definition) is 6. The summed E-state index contributed by atoms with van der Waals surface area (Å²) in [4.78, 5) is 32.2. The van der Waals surface area contributed by atoms with Crippen molar-refractivity contribution in [3.05, 3.63) is 85.3 Å². The average molecular weight is 583 g/mol. The van der Waals surface area contributed by atoms with Crippen molar-refractivity contribution in [1.82, 2.24) is 4.57 Å². The van der Waals surface area contributed by atoms with Crippen molar-refractivity contribution < 1.29 is 27.8 Å². The maximum Gasteiger partial charge on any atom is 0.416 e. The van der Waals surface area contributed by atoms with E-state index in [0.717, 1.165) is 40.0 Å². The molecule has 0 unspecified atom stereocenters. The molecular formula is C31H29F3N2O4S. The number of rotatable bonds is 4. The molecule has 0 fully saturated rings. The van der Waals surface area contributed by atoms with Gasteiger partial charge in [-0.25, -0.2) is 9.36 Å². The van der Waals surface area contributed by atoms with E-state index in [-0.39, 0.29) is 22.1 Å². The number of aromatic hydroxyl groups is 1. The number of fused-ring (bicyclic) bond motifs is 2. The van der Waals surface area contributed by atoms with Crippen molar-refractivity contribution in [2.75, 3.05) is 7.11 Å². The smallest absolute Gasteiger partial charge is 0.416 e. The first kappa shape index (κ1) is 28.6. The van der Waals surface area contributed by atoms with Crippen LogP contribution in [0.5, 0.6) is 5.88 Å². The van der Waals surface area contributed by atoms with Gasteiger partial charge in [0.1, 0.15) is 4.88 Å². The van der Waals surface area contributed by atoms with E-state index in [1.807, 2.05) is 0 Å². The van der Waals surface area contributed by atoms with Crippen LogP contribution in [0.1, 0.15) is 58.4 Å². The summed E-state index contributed by atoms with van der Waals surface area (Å²) in [6.45, 7) is 6.59. The zero-order chi connectivity index (χ0) is 29.7. The minimum atomic E-state index is -4.63. The molecular weight excluding hydrogens is 553 g/mol. The third kappa shape index (κ3) is 5.28. The van der Waals surface area contributed by atoms with Crippen molar-refractivity contribution in [1.29, 1.82) is 0 Å². The summed E-state index contributed by atoms with van der Waals surface area (Å²) >= 11 is 1.35. The Morgan fingerprint density at radius 1 is 1.12 bits per heavy atom. The van der Waals surface area contributed by atoms with Gasteiger partial charge in [-0.2, -0.15) is 13.2 Å². The summed E-state index contributed by atoms with van der Waals surface area (Å²) in [5.41, 5.74) is -0.141. The Morgan fingerprint density at radius 2 is 1.83 bits per heavy atom. The van der Waals surface area contributed by atoms with Crippen LogP contribution in [-0.2, 0) is 23.8 Å². The number of aliphatic imine (C=N–C) groups is 1. The predicted molar refractivity (Wildman–Crippen MR) is 154 cm³/mol. The highest BCUT2D eigenvalue weighted by molar-refractivity contribution is 7.14. The lowest BCUT2D eigenvalue weighted by Crippen LogP contribution is -2.26. The lowest BCUT2D eigenvalue weighted by molar-refractivity contribution is -0.137. The number of alkyl halides is 3. The zero-order valence-electron chi connectivity index (χ0n) is 23.0. The quantitative estimate of drug-likeness (QED) is 0.200. The fourth-order valence-corrected chi connectivity index (χ4v) is 6.65. The third-order valence-electron chi connectivity index (χ3n) is 7.69. The summed E-state index contributed by atoms with van der Waals surface area (Å²) in [6.07, 6.45) is -0.826. The number of carbonyl (C=O) groups excluding carboxylic acids is 1. The van der Waals surface area contributed by atoms with E-state index in [4.69, 9.17) is 4.74 Å². The molecule has 0 bridgehead atoms. The molecule has 0 spiro atoms. The molecule has 41 heavy (non-hydrogen) atoms. The van der Waals surface area contributed by atoms with Crippen molar-refractivity contribution in [3.8, 4) is 11.6 Å². The first-order valence-corrected chi connectivity index (χ1v) is 13.9. The molecule has 0 aliphatic heterocycles. The summed E-state index contributed by atoms with van der Waals surface area (Å²) in [5, 5.41) is 11.9. The molecule has 1 N–H and O–H groups in total. The molecule has 0 saturated heterocycles. The molecule has 5 rings (SSSR count). The van der Waals surface area contributed by atoms with E-state index < -0.39 is 29.1 Å². The molecule has 4 aromatic rings. The number of carbonyl (C=O) groups is 1. The van der Waals surface area contributed by atoms with Gasteiger partial charge in [-0.15, -0.1) is 11.3 Å². The Hall–Kier alpha value is -3.92. The second-order valence-corrected chi connectivity index (χ2v) is 12.3. The molecule has 1 atom stereocenters. The number of aromatic nitrogens is 1. The van der Waals surface area contributed by atoms with Gasteiger partial charge < -0.3 is 9.84 Å². The lowest BCUT2D eigenvalue weighted by atomic mass is 9.72. The maximum absolute atomic E-state index is 13.4. The van der Waals surface area contributed by atoms with E-state index in [0.29, 0.717) is 28.3 Å². The standard InChI is InChI=1S/C31H29F3N2O4S/c1-30(2,3)17-12-13-22-24(15-17)41-26(29(39)40-4)25(22)35-16-23-20-10-5-6-11-21(20)27(37)36(28(23)38)19-9-7-8-18(14-19)31(32,33)34/h5-11,14,16-17,38H,12-13,15H2,1-4H3/t17-/m0/s1. The number of methoxy groups -OCH3 is 1. The number of esters is 1. The van der Waals surface area contributed by atoms with E-state index >= 15 is 0 Å². The third-order valence-corrected chi connectivity index (χ3v) is 8.91. The lowest BCUT2D eigenvalue weighted by Gasteiger charge is -2.33. The molecule has 0 radical (unpaired) electrons. The number of halogens is 3. The summed E-state index contributed by atoms with van der Waals surface area (Å²) in [5.74, 6) is -0.653. The molecule has 1 aliphatic rings. The van der Waals surface area contributed by atoms with Gasteiger partial charge in [0.2, 0.25) is 5.88 Å². The molecule has 214 valence electrons. The van der Waals surface area contributed by atoms with Gasteiger partial charge in [-0.05, 0) is 60.4 Å². The van der Waals surface area contributed by atoms with Crippen molar-refractivity contribution >= 4 is 40.0 Å². The SMILES string of the molecule is COC(=O)c1sc2c(c1N=Cc1c(O)n(-c3cccc(C(F)(F)F)c3)c(=O)c3ccccc13)CC[C@H](C(C)(C)C)C2. The van der Waals surface area contributed by atoms with Crippen LogP contribution in [0.25, 0.3) is 16.5 Å². The van der Waals surface area contributed by atoms with Crippen LogP contribution in [0, 0.1) is 11.3 Å². The van der Waals surface area contributed by atoms with Crippen LogP contribution < -0.4 is 5.56 Å². The highest BCUT2D eigenvalue weighted by Crippen LogP contribution is 2.46. The first-order valence-electron chi connectivity index (χ1n) is 13.1. The minimum absolute atomic E-state index is 0.0956. The molecule has 10 heteroatoms. The Morgan fingerprint density at radius 3 is 2.49 bits per heavy atom. The average Bonchev–Trinajstić information content (AvgIpc) is 3.30. The van der Waals surface area contributed by atoms with Crippen molar-refractivity contribution in [2.45, 2.75) is 46.2 Å². The minimum Gasteiger partial charge on any atom is -0.494 e. The molecule has 6 nitrogen and oxygen atoms in total. The predicted octanol–water partition coefficient (Wildman–Crippen LogP) is 7.46. The Bertz CT molecular complexity index is 1750. The molecule has 2 aromatic heterocycles. The fraction of sp³-hybridized carbons (Fsp3) is 0.323. The molecule has 0 saturated carbocycles. The second-order valence-electron chi connectivity index (χ2n) is 11.2. The normalized spacial score (nSPS) is 15.8. The van der Waals surface area contributed by atoms with Crippen LogP contribution >= 0.6 is 11.3 Å². The Kier molecular flexibility index (Phi) is 7.31. The van der Waals surface area contributed by atoms with Crippen molar-refractivity contribution in [2.24, 2.45) is 16.3 Å². The number of pyridine rings is 1. The molecule has 0 amide bonds. The van der Waals surface area contributed by atoms with Gasteiger partial charge in [0.05, 0.1) is 29.6 Å². The number of hydrogen-bond donors (Lipinski definition) is 1. The molecule has 2 aromatic carbocycles. The van der Waals surface area contributed by atoms with Gasteiger partial charge in [0, 0.05) is 21.9 Å². The molecule has 1 aliphatic carbocycles. The Balaban J connectivity index is 1.69. The summed E-state index contributed by atoms with van der Waals surface area (Å²) in [7, 11) is 1.30. The van der Waals surface area contributed by atoms with Crippen molar-refractivity contribution in [3.63, 3.8) is 0 Å². The van der Waals surface area contributed by atoms with Gasteiger partial charge in [0.15, 0.2) is 0 Å². The summed E-state index contributed by atoms with van der Waals surface area (Å²) < 4.78 is 46.2. The zero-order valence-corrected chi connectivity index (χ0v) is 23.8. The van der Waals surface area contributed by atoms with E-state index in [1.54, 1.807) is 18.2 Å². The first-order chi connectivity index (χ1) is 19.3. The monoisotopic (exact) mass is 582 g/mol. The summed E-state index contributed by atoms with van der Waals surface area (Å²) in [6, 6.07) is 10.7. The number of benzene rings is 2. The fourth-order valence-electron chi connectivity index (χ4n) is 5.36. The maximum atomic E-state index is 13.4. The largest absolute Gasteiger partial charge is 0.494 e. The highest BCUT2D eigenvalue weighted by atomic mass is 32.1. The van der Waals surface area contributed by atoms with Gasteiger partial charge in [-0.1, -0.05) is 45.0 Å². The van der Waals surface area contributed by atoms with Gasteiger partial charge >= 0.3 is 12.1 Å². The van der Waals surface area contributed by atoms with Gasteiger partial charge in [-0.3, -0.25) is 9.79 Å². The van der Waals surface area contributed by atoms with Gasteiger partial charge in [0.25, 0.3) is 5.56 Å². The number of ether oxygens (including phenoxy) is 1. The number of nitrogens with zero attached hydrogens (tertiary/aromatic N) is 2. The van der Waals surface area contributed by atoms with Crippen LogP contribution in [0.15, 0.2) is 58.3 Å². The van der Waals surface area contributed by atoms with Crippen LogP contribution in [0.2, 0.25) is 0 Å². The van der Waals surface area contributed by atoms with E-state index in [2.05, 4.69) is 25.8 Å². The van der Waals surface area contributed by atoms with E-state index in [9.17, 15) is 27.9 Å². The topological polar surface area (TPSA) is 80.9 Å². The Labute approximate surface area is 238 Å². The van der Waals surface area contributed by atoms with E-state index in [1.165, 1.54) is 42.9 Å². The molecule has 2 heterocycles. The number of thiophene rings is 1. The van der Waals surface area contributed by atoms with Crippen LogP contribution in [0.4, 0.5) is 18.9 Å².